The highest BCUT2D eigenvalue weighted by Gasteiger charge is 2.34. The molecule has 1 aliphatic heterocycles. The van der Waals surface area contributed by atoms with Gasteiger partial charge in [-0.15, -0.1) is 0 Å². The van der Waals surface area contributed by atoms with Crippen molar-refractivity contribution in [3.05, 3.63) is 34.9 Å². The standard InChI is InChI=1S/C12H12ClNO2/c13-11-3-1-10(2-4-11)12(14-9-15)5-7-16-8-6-12/h1-4H,5-8H2. The summed E-state index contributed by atoms with van der Waals surface area (Å²) < 4.78 is 5.30. The molecule has 1 aromatic carbocycles. The molecule has 0 unspecified atom stereocenters. The van der Waals surface area contributed by atoms with Crippen LogP contribution in [0, 0.1) is 0 Å². The number of halogens is 1. The molecule has 2 rings (SSSR count). The summed E-state index contributed by atoms with van der Waals surface area (Å²) in [5.74, 6) is 0. The Morgan fingerprint density at radius 2 is 1.88 bits per heavy atom. The zero-order chi connectivity index (χ0) is 11.4. The maximum atomic E-state index is 10.6. The van der Waals surface area contributed by atoms with E-state index in [1.807, 2.05) is 24.3 Å². The van der Waals surface area contributed by atoms with E-state index < -0.39 is 5.54 Å². The van der Waals surface area contributed by atoms with E-state index in [1.54, 1.807) is 6.08 Å². The summed E-state index contributed by atoms with van der Waals surface area (Å²) >= 11 is 5.84. The highest BCUT2D eigenvalue weighted by Crippen LogP contribution is 2.36. The van der Waals surface area contributed by atoms with E-state index in [1.165, 1.54) is 0 Å². The van der Waals surface area contributed by atoms with Gasteiger partial charge in [-0.1, -0.05) is 23.7 Å². The second-order valence-electron chi connectivity index (χ2n) is 3.85. The van der Waals surface area contributed by atoms with Gasteiger partial charge in [-0.2, -0.15) is 4.99 Å². The molecule has 0 spiro atoms. The molecule has 0 amide bonds. The fraction of sp³-hybridized carbons (Fsp3) is 0.417. The van der Waals surface area contributed by atoms with Gasteiger partial charge in [0.25, 0.3) is 0 Å². The first-order valence-corrected chi connectivity index (χ1v) is 5.57. The molecule has 0 atom stereocenters. The second-order valence-corrected chi connectivity index (χ2v) is 4.29. The van der Waals surface area contributed by atoms with Gasteiger partial charge in [0.05, 0.1) is 0 Å². The zero-order valence-corrected chi connectivity index (χ0v) is 9.54. The summed E-state index contributed by atoms with van der Waals surface area (Å²) in [5, 5.41) is 0.682. The molecule has 0 saturated carbocycles. The summed E-state index contributed by atoms with van der Waals surface area (Å²) in [4.78, 5) is 14.5. The molecule has 1 fully saturated rings. The maximum absolute atomic E-state index is 10.6. The van der Waals surface area contributed by atoms with Crippen molar-refractivity contribution in [1.82, 2.24) is 0 Å². The lowest BCUT2D eigenvalue weighted by molar-refractivity contribution is 0.0531. The molecule has 1 heterocycles. The Hall–Kier alpha value is -1.15. The first-order chi connectivity index (χ1) is 7.77. The van der Waals surface area contributed by atoms with Crippen LogP contribution in [0.1, 0.15) is 18.4 Å². The lowest BCUT2D eigenvalue weighted by atomic mass is 9.83. The average Bonchev–Trinajstić information content (AvgIpc) is 2.31. The van der Waals surface area contributed by atoms with Gasteiger partial charge in [-0.05, 0) is 17.7 Å². The average molecular weight is 238 g/mol. The van der Waals surface area contributed by atoms with Gasteiger partial charge in [-0.3, -0.25) is 0 Å². The van der Waals surface area contributed by atoms with Crippen molar-refractivity contribution in [2.24, 2.45) is 4.99 Å². The van der Waals surface area contributed by atoms with Crippen LogP contribution in [0.4, 0.5) is 0 Å². The number of rotatable bonds is 2. The number of ether oxygens (including phenoxy) is 1. The highest BCUT2D eigenvalue weighted by atomic mass is 35.5. The Kier molecular flexibility index (Phi) is 3.39. The van der Waals surface area contributed by atoms with E-state index in [4.69, 9.17) is 16.3 Å². The lowest BCUT2D eigenvalue weighted by Crippen LogP contribution is -2.31. The third-order valence-corrected chi connectivity index (χ3v) is 3.21. The van der Waals surface area contributed by atoms with Crippen LogP contribution >= 0.6 is 11.6 Å². The van der Waals surface area contributed by atoms with E-state index in [9.17, 15) is 4.79 Å². The minimum Gasteiger partial charge on any atom is -0.381 e. The number of carbonyl (C=O) groups excluding carboxylic acids is 1. The van der Waals surface area contributed by atoms with Gasteiger partial charge in [0.2, 0.25) is 6.08 Å². The maximum Gasteiger partial charge on any atom is 0.235 e. The zero-order valence-electron chi connectivity index (χ0n) is 8.78. The van der Waals surface area contributed by atoms with Crippen LogP contribution < -0.4 is 0 Å². The molecular formula is C12H12ClNO2. The van der Waals surface area contributed by atoms with Gasteiger partial charge in [0.1, 0.15) is 5.54 Å². The van der Waals surface area contributed by atoms with Gasteiger partial charge in [-0.25, -0.2) is 4.79 Å². The molecule has 4 heteroatoms. The van der Waals surface area contributed by atoms with Crippen molar-refractivity contribution in [3.63, 3.8) is 0 Å². The second kappa shape index (κ2) is 4.79. The Morgan fingerprint density at radius 1 is 1.25 bits per heavy atom. The fourth-order valence-corrected chi connectivity index (χ4v) is 2.15. The summed E-state index contributed by atoms with van der Waals surface area (Å²) in [6.07, 6.45) is 3.10. The molecular weight excluding hydrogens is 226 g/mol. The first kappa shape index (κ1) is 11.3. The Balaban J connectivity index is 2.38. The largest absolute Gasteiger partial charge is 0.381 e. The minimum absolute atomic E-state index is 0.468. The molecule has 3 nitrogen and oxygen atoms in total. The quantitative estimate of drug-likeness (QED) is 0.586. The van der Waals surface area contributed by atoms with E-state index in [0.29, 0.717) is 31.1 Å². The molecule has 0 aromatic heterocycles. The topological polar surface area (TPSA) is 38.7 Å². The molecule has 0 radical (unpaired) electrons. The van der Waals surface area contributed by atoms with Crippen molar-refractivity contribution >= 4 is 17.7 Å². The number of nitrogens with zero attached hydrogens (tertiary/aromatic N) is 1. The van der Waals surface area contributed by atoms with Gasteiger partial charge in [0.15, 0.2) is 0 Å². The van der Waals surface area contributed by atoms with Gasteiger partial charge < -0.3 is 4.74 Å². The number of aliphatic imine (C=N–C) groups is 1. The summed E-state index contributed by atoms with van der Waals surface area (Å²) in [7, 11) is 0. The van der Waals surface area contributed by atoms with E-state index >= 15 is 0 Å². The molecule has 1 aromatic rings. The van der Waals surface area contributed by atoms with Gasteiger partial charge in [0, 0.05) is 31.1 Å². The third-order valence-electron chi connectivity index (χ3n) is 2.96. The molecule has 16 heavy (non-hydrogen) atoms. The fourth-order valence-electron chi connectivity index (χ4n) is 2.02. The van der Waals surface area contributed by atoms with E-state index in [2.05, 4.69) is 4.99 Å². The Labute approximate surface area is 99.1 Å². The molecule has 0 aliphatic carbocycles. The summed E-state index contributed by atoms with van der Waals surface area (Å²) in [6.45, 7) is 1.24. The number of hydrogen-bond donors (Lipinski definition) is 0. The molecule has 0 bridgehead atoms. The Morgan fingerprint density at radius 3 is 2.44 bits per heavy atom. The van der Waals surface area contributed by atoms with Crippen molar-refractivity contribution in [2.75, 3.05) is 13.2 Å². The van der Waals surface area contributed by atoms with Crippen LogP contribution in [0.3, 0.4) is 0 Å². The Bertz CT molecular complexity index is 404. The van der Waals surface area contributed by atoms with Crippen molar-refractivity contribution in [3.8, 4) is 0 Å². The van der Waals surface area contributed by atoms with E-state index in [0.717, 1.165) is 5.56 Å². The van der Waals surface area contributed by atoms with Crippen LogP contribution in [0.5, 0.6) is 0 Å². The van der Waals surface area contributed by atoms with E-state index in [-0.39, 0.29) is 0 Å². The van der Waals surface area contributed by atoms with Gasteiger partial charge >= 0.3 is 0 Å². The van der Waals surface area contributed by atoms with Crippen molar-refractivity contribution in [1.29, 1.82) is 0 Å². The monoisotopic (exact) mass is 237 g/mol. The van der Waals surface area contributed by atoms with Crippen LogP contribution in [0.25, 0.3) is 0 Å². The van der Waals surface area contributed by atoms with Crippen molar-refractivity contribution in [2.45, 2.75) is 18.4 Å². The molecule has 1 aliphatic rings. The smallest absolute Gasteiger partial charge is 0.235 e. The van der Waals surface area contributed by atoms with Crippen molar-refractivity contribution < 1.29 is 9.53 Å². The molecule has 1 saturated heterocycles. The van der Waals surface area contributed by atoms with Crippen LogP contribution in [0.15, 0.2) is 29.3 Å². The lowest BCUT2D eigenvalue weighted by Gasteiger charge is -2.32. The number of benzene rings is 1. The predicted octanol–water partition coefficient (Wildman–Crippen LogP) is 2.68. The van der Waals surface area contributed by atoms with Crippen LogP contribution in [0.2, 0.25) is 5.02 Å². The van der Waals surface area contributed by atoms with Crippen LogP contribution in [-0.2, 0) is 15.1 Å². The number of hydrogen-bond acceptors (Lipinski definition) is 3. The predicted molar refractivity (Wildman–Crippen MR) is 61.3 cm³/mol. The normalized spacial score (nSPS) is 18.8. The summed E-state index contributed by atoms with van der Waals surface area (Å²) in [6, 6.07) is 7.45. The SMILES string of the molecule is O=C=NC1(c2ccc(Cl)cc2)CCOCC1. The minimum atomic E-state index is -0.468. The molecule has 84 valence electrons. The number of isocyanates is 1. The third kappa shape index (κ3) is 2.17. The summed E-state index contributed by atoms with van der Waals surface area (Å²) in [5.41, 5.74) is 0.536. The first-order valence-electron chi connectivity index (χ1n) is 5.20. The van der Waals surface area contributed by atoms with Crippen LogP contribution in [-0.4, -0.2) is 19.3 Å². The molecule has 0 N–H and O–H groups in total. The highest BCUT2D eigenvalue weighted by molar-refractivity contribution is 6.30.